The molecule has 0 spiro atoms. The predicted molar refractivity (Wildman–Crippen MR) is 139 cm³/mol. The number of nitrogens with zero attached hydrogens (tertiary/aromatic N) is 2. The molecule has 7 nitrogen and oxygen atoms in total. The fourth-order valence-corrected chi connectivity index (χ4v) is 5.13. The summed E-state index contributed by atoms with van der Waals surface area (Å²) in [7, 11) is -1.79. The molecule has 1 saturated heterocycles. The molecule has 1 aliphatic rings. The van der Waals surface area contributed by atoms with E-state index in [0.29, 0.717) is 37.0 Å². The highest BCUT2D eigenvalue weighted by Crippen LogP contribution is 2.21. The molecule has 1 fully saturated rings. The van der Waals surface area contributed by atoms with Crippen LogP contribution in [0, 0.1) is 0 Å². The van der Waals surface area contributed by atoms with Gasteiger partial charge in [-0.2, -0.15) is 4.31 Å². The Morgan fingerprint density at radius 1 is 1.03 bits per heavy atom. The third kappa shape index (κ3) is 7.35. The predicted octanol–water partition coefficient (Wildman–Crippen LogP) is 3.74. The van der Waals surface area contributed by atoms with E-state index in [1.807, 2.05) is 37.3 Å². The minimum atomic E-state index is -3.44. The number of halogens is 1. The van der Waals surface area contributed by atoms with E-state index in [1.165, 1.54) is 0 Å². The van der Waals surface area contributed by atoms with E-state index >= 15 is 0 Å². The van der Waals surface area contributed by atoms with Crippen LogP contribution in [0.15, 0.2) is 58.4 Å². The third-order valence-corrected chi connectivity index (χ3v) is 7.10. The van der Waals surface area contributed by atoms with Gasteiger partial charge in [-0.3, -0.25) is 0 Å². The number of ether oxygens (including phenoxy) is 1. The first-order valence-electron chi connectivity index (χ1n) is 10.8. The summed E-state index contributed by atoms with van der Waals surface area (Å²) in [5.74, 6) is 1.49. The van der Waals surface area contributed by atoms with Crippen molar-refractivity contribution in [1.82, 2.24) is 14.9 Å². The Hall–Kier alpha value is -1.85. The zero-order valence-corrected chi connectivity index (χ0v) is 21.9. The Morgan fingerprint density at radius 3 is 2.47 bits per heavy atom. The van der Waals surface area contributed by atoms with E-state index in [4.69, 9.17) is 4.74 Å². The van der Waals surface area contributed by atoms with Gasteiger partial charge in [-0.1, -0.05) is 30.7 Å². The van der Waals surface area contributed by atoms with Crippen LogP contribution < -0.4 is 15.4 Å². The summed E-state index contributed by atoms with van der Waals surface area (Å²) in [4.78, 5) is 4.98. The van der Waals surface area contributed by atoms with E-state index in [0.717, 1.165) is 42.7 Å². The molecule has 32 heavy (non-hydrogen) atoms. The molecule has 0 atom stereocenters. The van der Waals surface area contributed by atoms with Gasteiger partial charge >= 0.3 is 0 Å². The quantitative estimate of drug-likeness (QED) is 0.286. The lowest BCUT2D eigenvalue weighted by Gasteiger charge is -2.26. The van der Waals surface area contributed by atoms with Crippen molar-refractivity contribution in [3.8, 4) is 5.75 Å². The lowest BCUT2D eigenvalue weighted by atomic mass is 10.2. The highest BCUT2D eigenvalue weighted by atomic mass is 127. The van der Waals surface area contributed by atoms with E-state index in [2.05, 4.69) is 15.6 Å². The van der Waals surface area contributed by atoms with Crippen molar-refractivity contribution in [1.29, 1.82) is 0 Å². The molecule has 0 amide bonds. The molecule has 1 aliphatic heterocycles. The van der Waals surface area contributed by atoms with Crippen LogP contribution in [-0.4, -0.2) is 45.4 Å². The first-order valence-corrected chi connectivity index (χ1v) is 12.2. The first kappa shape index (κ1) is 26.4. The lowest BCUT2D eigenvalue weighted by Crippen LogP contribution is -2.36. The van der Waals surface area contributed by atoms with Crippen LogP contribution in [-0.2, 0) is 23.1 Å². The van der Waals surface area contributed by atoms with E-state index < -0.39 is 10.0 Å². The normalized spacial score (nSPS) is 15.0. The lowest BCUT2D eigenvalue weighted by molar-refractivity contribution is 0.346. The third-order valence-electron chi connectivity index (χ3n) is 5.21. The Morgan fingerprint density at radius 2 is 1.75 bits per heavy atom. The van der Waals surface area contributed by atoms with E-state index in [1.54, 1.807) is 29.6 Å². The molecule has 176 valence electrons. The second-order valence-corrected chi connectivity index (χ2v) is 9.45. The second-order valence-electron chi connectivity index (χ2n) is 7.51. The number of rotatable bonds is 8. The van der Waals surface area contributed by atoms with Crippen molar-refractivity contribution in [2.75, 3.05) is 26.7 Å². The van der Waals surface area contributed by atoms with Crippen molar-refractivity contribution >= 4 is 40.0 Å². The van der Waals surface area contributed by atoms with Crippen molar-refractivity contribution in [2.45, 2.75) is 44.2 Å². The van der Waals surface area contributed by atoms with Gasteiger partial charge < -0.3 is 15.4 Å². The molecule has 0 radical (unpaired) electrons. The Balaban J connectivity index is 0.00000363. The summed E-state index contributed by atoms with van der Waals surface area (Å²) in [5.41, 5.74) is 1.94. The van der Waals surface area contributed by atoms with Gasteiger partial charge in [-0.05, 0) is 55.2 Å². The summed E-state index contributed by atoms with van der Waals surface area (Å²) < 4.78 is 32.8. The van der Waals surface area contributed by atoms with Crippen molar-refractivity contribution in [2.24, 2.45) is 4.99 Å². The van der Waals surface area contributed by atoms with E-state index in [-0.39, 0.29) is 24.0 Å². The number of aliphatic imine (C=N–C) groups is 1. The molecule has 2 aromatic rings. The number of nitrogens with one attached hydrogen (secondary N) is 2. The molecule has 0 bridgehead atoms. The molecule has 0 unspecified atom stereocenters. The zero-order valence-electron chi connectivity index (χ0n) is 18.7. The Bertz CT molecular complexity index is 992. The van der Waals surface area contributed by atoms with Gasteiger partial charge in [0.15, 0.2) is 5.96 Å². The molecular formula is C23H33IN4O3S. The SMILES string of the molecule is CCNC(=NCc1cccc(S(=O)(=O)N2CCCCC2)c1)NCc1cccc(OC)c1.I. The number of guanidine groups is 1. The standard InChI is InChI=1S/C23H32N4O3S.HI/c1-3-24-23(25-17-19-9-7-11-21(15-19)30-2)26-18-20-10-8-12-22(16-20)31(28,29)27-13-5-4-6-14-27;/h7-12,15-16H,3-6,13-14,17-18H2,1-2H3,(H2,24,25,26);1H. The molecule has 1 heterocycles. The van der Waals surface area contributed by atoms with Crippen LogP contribution in [0.25, 0.3) is 0 Å². The topological polar surface area (TPSA) is 83.0 Å². The van der Waals surface area contributed by atoms with Gasteiger partial charge in [0.1, 0.15) is 5.75 Å². The van der Waals surface area contributed by atoms with Gasteiger partial charge in [-0.15, -0.1) is 24.0 Å². The van der Waals surface area contributed by atoms with Crippen LogP contribution >= 0.6 is 24.0 Å². The summed E-state index contributed by atoms with van der Waals surface area (Å²) in [6.07, 6.45) is 2.94. The van der Waals surface area contributed by atoms with Gasteiger partial charge in [-0.25, -0.2) is 13.4 Å². The van der Waals surface area contributed by atoms with Gasteiger partial charge in [0, 0.05) is 26.2 Å². The maximum Gasteiger partial charge on any atom is 0.243 e. The first-order chi connectivity index (χ1) is 15.0. The van der Waals surface area contributed by atoms with Crippen molar-refractivity contribution in [3.63, 3.8) is 0 Å². The highest BCUT2D eigenvalue weighted by Gasteiger charge is 2.25. The largest absolute Gasteiger partial charge is 0.497 e. The number of methoxy groups -OCH3 is 1. The number of hydrogen-bond donors (Lipinski definition) is 2. The number of piperidine rings is 1. The number of hydrogen-bond acceptors (Lipinski definition) is 4. The Kier molecular flexibility index (Phi) is 10.7. The molecule has 3 rings (SSSR count). The van der Waals surface area contributed by atoms with Crippen LogP contribution in [0.4, 0.5) is 0 Å². The fraction of sp³-hybridized carbons (Fsp3) is 0.435. The summed E-state index contributed by atoms with van der Waals surface area (Å²) in [5, 5.41) is 6.54. The average molecular weight is 573 g/mol. The minimum absolute atomic E-state index is 0. The van der Waals surface area contributed by atoms with Gasteiger partial charge in [0.05, 0.1) is 18.6 Å². The highest BCUT2D eigenvalue weighted by molar-refractivity contribution is 14.0. The molecule has 0 aromatic heterocycles. The molecule has 2 aromatic carbocycles. The van der Waals surface area contributed by atoms with Crippen LogP contribution in [0.2, 0.25) is 0 Å². The van der Waals surface area contributed by atoms with Crippen LogP contribution in [0.3, 0.4) is 0 Å². The smallest absolute Gasteiger partial charge is 0.243 e. The van der Waals surface area contributed by atoms with Gasteiger partial charge in [0.25, 0.3) is 0 Å². The molecule has 0 saturated carbocycles. The molecule has 9 heteroatoms. The number of benzene rings is 2. The zero-order chi connectivity index (χ0) is 22.1. The average Bonchev–Trinajstić information content (AvgIpc) is 2.81. The second kappa shape index (κ2) is 13.0. The van der Waals surface area contributed by atoms with Crippen molar-refractivity contribution < 1.29 is 13.2 Å². The summed E-state index contributed by atoms with van der Waals surface area (Å²) in [6.45, 7) is 4.93. The summed E-state index contributed by atoms with van der Waals surface area (Å²) in [6, 6.07) is 15.0. The monoisotopic (exact) mass is 572 g/mol. The molecule has 2 N–H and O–H groups in total. The van der Waals surface area contributed by atoms with E-state index in [9.17, 15) is 8.42 Å². The molecule has 0 aliphatic carbocycles. The summed E-state index contributed by atoms with van der Waals surface area (Å²) >= 11 is 0. The van der Waals surface area contributed by atoms with Crippen LogP contribution in [0.1, 0.15) is 37.3 Å². The maximum absolute atomic E-state index is 12.9. The fourth-order valence-electron chi connectivity index (χ4n) is 3.54. The minimum Gasteiger partial charge on any atom is -0.497 e. The van der Waals surface area contributed by atoms with Crippen molar-refractivity contribution in [3.05, 3.63) is 59.7 Å². The number of sulfonamides is 1. The molecular weight excluding hydrogens is 539 g/mol. The van der Waals surface area contributed by atoms with Crippen LogP contribution in [0.5, 0.6) is 5.75 Å². The maximum atomic E-state index is 12.9. The Labute approximate surface area is 208 Å². The van der Waals surface area contributed by atoms with Gasteiger partial charge in [0.2, 0.25) is 10.0 Å².